The summed E-state index contributed by atoms with van der Waals surface area (Å²) in [5.74, 6) is 0. The summed E-state index contributed by atoms with van der Waals surface area (Å²) in [6.45, 7) is 3.70. The third kappa shape index (κ3) is 17.4. The molecule has 1 N–H and O–H groups in total. The zero-order valence-electron chi connectivity index (χ0n) is 15.2. The first-order valence-electron chi connectivity index (χ1n) is 9.17. The third-order valence-corrected chi connectivity index (χ3v) is 5.29. The third-order valence-electron chi connectivity index (χ3n) is 3.98. The van der Waals surface area contributed by atoms with Crippen LogP contribution in [0.15, 0.2) is 0 Å². The van der Waals surface area contributed by atoms with Gasteiger partial charge in [0, 0.05) is 0 Å². The Kier molecular flexibility index (Phi) is 19.3. The number of rotatable bonds is 15. The Morgan fingerprint density at radius 2 is 1.36 bits per heavy atom. The van der Waals surface area contributed by atoms with Gasteiger partial charge in [0.15, 0.2) is 0 Å². The summed E-state index contributed by atoms with van der Waals surface area (Å²) < 4.78 is 40.4. The van der Waals surface area contributed by atoms with Gasteiger partial charge >= 0.3 is 35.7 Å². The van der Waals surface area contributed by atoms with Crippen molar-refractivity contribution in [1.29, 1.82) is 0 Å². The Labute approximate surface area is 175 Å². The second kappa shape index (κ2) is 17.6. The molecule has 0 heterocycles. The van der Waals surface area contributed by atoms with Crippen molar-refractivity contribution in [3.05, 3.63) is 0 Å². The van der Waals surface area contributed by atoms with Crippen LogP contribution in [0.3, 0.4) is 0 Å². The molecule has 0 radical (unpaired) electrons. The van der Waals surface area contributed by atoms with Gasteiger partial charge < -0.3 is 9.47 Å². The first-order valence-corrected chi connectivity index (χ1v) is 10.7. The molecule has 0 aromatic carbocycles. The Hall–Kier alpha value is 0.180. The van der Waals surface area contributed by atoms with Crippen molar-refractivity contribution in [2.24, 2.45) is 0 Å². The number of unbranched alkanes of at least 4 members (excludes halogenated alkanes) is 9. The summed E-state index contributed by atoms with van der Waals surface area (Å²) in [5, 5.41) is -1.10. The number of ether oxygens (including phenoxy) is 2. The minimum atomic E-state index is -4.19. The first-order chi connectivity index (χ1) is 11.4. The predicted octanol–water partition coefficient (Wildman–Crippen LogP) is 4.08. The first kappa shape index (κ1) is 27.4. The van der Waals surface area contributed by atoms with Crippen LogP contribution in [-0.2, 0) is 19.6 Å². The van der Waals surface area contributed by atoms with Gasteiger partial charge in [-0.05, 0) is 12.8 Å². The molecule has 0 fully saturated rings. The molecule has 25 heavy (non-hydrogen) atoms. The molecule has 0 aliphatic rings. The molecule has 0 saturated heterocycles. The van der Waals surface area contributed by atoms with E-state index in [1.54, 1.807) is 6.92 Å². The van der Waals surface area contributed by atoms with Crippen LogP contribution in [-0.4, -0.2) is 67.1 Å². The summed E-state index contributed by atoms with van der Waals surface area (Å²) in [6, 6.07) is 0. The molecule has 0 aromatic rings. The van der Waals surface area contributed by atoms with Crippen LogP contribution in [0.2, 0.25) is 0 Å². The van der Waals surface area contributed by atoms with Gasteiger partial charge in [-0.2, -0.15) is 8.42 Å². The van der Waals surface area contributed by atoms with E-state index in [4.69, 9.17) is 14.0 Å². The zero-order valence-corrected chi connectivity index (χ0v) is 16.0. The van der Waals surface area contributed by atoms with Gasteiger partial charge in [-0.3, -0.25) is 4.55 Å². The Morgan fingerprint density at radius 1 is 0.880 bits per heavy atom. The maximum atomic E-state index is 11.3. The molecule has 8 heteroatoms. The van der Waals surface area contributed by atoms with Gasteiger partial charge in [0.05, 0.1) is 6.61 Å². The molecular formula is C17H35NaO6S. The standard InChI is InChI=1S/C17H34O6S.Na.H/c1-3-5-6-7-8-9-10-11-12-13-14-22-17(18)23-15-16(4-2)24(19,20)21;;/h16H,3-15H2,1-2H3,(H,19,20,21);;. The summed E-state index contributed by atoms with van der Waals surface area (Å²) in [5.41, 5.74) is 0. The van der Waals surface area contributed by atoms with Crippen molar-refractivity contribution in [1.82, 2.24) is 0 Å². The molecule has 6 nitrogen and oxygen atoms in total. The Bertz CT molecular complexity index is 413. The average Bonchev–Trinajstić information content (AvgIpc) is 2.52. The number of hydrogen-bond donors (Lipinski definition) is 1. The van der Waals surface area contributed by atoms with Gasteiger partial charge in [-0.1, -0.05) is 71.6 Å². The van der Waals surface area contributed by atoms with E-state index in [9.17, 15) is 13.2 Å². The van der Waals surface area contributed by atoms with E-state index in [0.717, 1.165) is 19.3 Å². The van der Waals surface area contributed by atoms with Crippen molar-refractivity contribution in [3.8, 4) is 0 Å². The van der Waals surface area contributed by atoms with Crippen molar-refractivity contribution in [3.63, 3.8) is 0 Å². The molecule has 0 saturated carbocycles. The summed E-state index contributed by atoms with van der Waals surface area (Å²) in [6.07, 6.45) is 11.2. The molecule has 0 aliphatic carbocycles. The number of hydrogen-bond acceptors (Lipinski definition) is 5. The van der Waals surface area contributed by atoms with Crippen molar-refractivity contribution >= 4 is 45.8 Å². The fraction of sp³-hybridized carbons (Fsp3) is 0.941. The van der Waals surface area contributed by atoms with Crippen LogP contribution in [0.25, 0.3) is 0 Å². The molecule has 1 unspecified atom stereocenters. The normalized spacial score (nSPS) is 12.3. The molecular weight excluding hydrogens is 355 g/mol. The van der Waals surface area contributed by atoms with Crippen molar-refractivity contribution < 1.29 is 27.2 Å². The van der Waals surface area contributed by atoms with E-state index in [0.29, 0.717) is 0 Å². The zero-order chi connectivity index (χ0) is 18.3. The monoisotopic (exact) mass is 390 g/mol. The SMILES string of the molecule is CCCCCCCCCCCCOC(=O)OCC(CC)S(=O)(=O)O.[NaH]. The summed E-state index contributed by atoms with van der Waals surface area (Å²) >= 11 is 0. The molecule has 0 bridgehead atoms. The summed E-state index contributed by atoms with van der Waals surface area (Å²) in [4.78, 5) is 11.3. The van der Waals surface area contributed by atoms with Crippen LogP contribution < -0.4 is 0 Å². The second-order valence-corrected chi connectivity index (χ2v) is 7.83. The molecule has 0 aromatic heterocycles. The molecule has 0 amide bonds. The van der Waals surface area contributed by atoms with Gasteiger partial charge in [0.1, 0.15) is 11.9 Å². The molecule has 146 valence electrons. The van der Waals surface area contributed by atoms with E-state index < -0.39 is 21.5 Å². The molecule has 0 spiro atoms. The summed E-state index contributed by atoms with van der Waals surface area (Å²) in [7, 11) is -4.19. The Balaban J connectivity index is 0. The number of carbonyl (C=O) groups excluding carboxylic acids is 1. The Morgan fingerprint density at radius 3 is 1.80 bits per heavy atom. The van der Waals surface area contributed by atoms with Crippen LogP contribution in [0.5, 0.6) is 0 Å². The maximum absolute atomic E-state index is 11.3. The van der Waals surface area contributed by atoms with Gasteiger partial charge in [-0.25, -0.2) is 4.79 Å². The fourth-order valence-electron chi connectivity index (χ4n) is 2.36. The second-order valence-electron chi connectivity index (χ2n) is 6.14. The van der Waals surface area contributed by atoms with Crippen LogP contribution in [0.4, 0.5) is 4.79 Å². The molecule has 0 rings (SSSR count). The minimum absolute atomic E-state index is 0. The quantitative estimate of drug-likeness (QED) is 0.196. The van der Waals surface area contributed by atoms with Gasteiger partial charge in [0.25, 0.3) is 10.1 Å². The van der Waals surface area contributed by atoms with E-state index >= 15 is 0 Å². The van der Waals surface area contributed by atoms with Crippen LogP contribution in [0, 0.1) is 0 Å². The average molecular weight is 391 g/mol. The van der Waals surface area contributed by atoms with Gasteiger partial charge in [-0.15, -0.1) is 0 Å². The van der Waals surface area contributed by atoms with Crippen LogP contribution in [0.1, 0.15) is 84.5 Å². The van der Waals surface area contributed by atoms with Gasteiger partial charge in [0.2, 0.25) is 0 Å². The number of carbonyl (C=O) groups is 1. The molecule has 1 atom stereocenters. The topological polar surface area (TPSA) is 89.9 Å². The fourth-order valence-corrected chi connectivity index (χ4v) is 3.02. The van der Waals surface area contributed by atoms with E-state index in [2.05, 4.69) is 6.92 Å². The van der Waals surface area contributed by atoms with E-state index in [-0.39, 0.29) is 49.2 Å². The van der Waals surface area contributed by atoms with Crippen LogP contribution >= 0.6 is 0 Å². The van der Waals surface area contributed by atoms with E-state index in [1.165, 1.54) is 44.9 Å². The van der Waals surface area contributed by atoms with Crippen molar-refractivity contribution in [2.45, 2.75) is 89.7 Å². The van der Waals surface area contributed by atoms with Crippen molar-refractivity contribution in [2.75, 3.05) is 13.2 Å². The predicted molar refractivity (Wildman–Crippen MR) is 102 cm³/mol. The molecule has 0 aliphatic heterocycles. The van der Waals surface area contributed by atoms with E-state index in [1.807, 2.05) is 0 Å².